The number of hydrogen-bond acceptors (Lipinski definition) is 3. The topological polar surface area (TPSA) is 48.9 Å². The predicted octanol–water partition coefficient (Wildman–Crippen LogP) is 3.24. The van der Waals surface area contributed by atoms with Crippen LogP contribution in [0.25, 0.3) is 0 Å². The Hall–Kier alpha value is -1.23. The molecule has 0 bridgehead atoms. The van der Waals surface area contributed by atoms with Crippen molar-refractivity contribution >= 4 is 35.6 Å². The SMILES string of the molecule is CCNC(=NCc1ccc(N2CCOCC2)cc1C(F)(F)F)NCC.I. The van der Waals surface area contributed by atoms with Crippen molar-refractivity contribution in [2.24, 2.45) is 4.99 Å². The second-order valence-corrected chi connectivity index (χ2v) is 5.66. The van der Waals surface area contributed by atoms with E-state index in [0.717, 1.165) is 0 Å². The highest BCUT2D eigenvalue weighted by molar-refractivity contribution is 14.0. The van der Waals surface area contributed by atoms with Gasteiger partial charge in [0.05, 0.1) is 25.3 Å². The van der Waals surface area contributed by atoms with Gasteiger partial charge in [0.2, 0.25) is 0 Å². The number of halogens is 4. The van der Waals surface area contributed by atoms with Crippen molar-refractivity contribution in [1.29, 1.82) is 0 Å². The Bertz CT molecular complexity index is 582. The van der Waals surface area contributed by atoms with Gasteiger partial charge in [0.25, 0.3) is 0 Å². The van der Waals surface area contributed by atoms with Crippen LogP contribution in [0.4, 0.5) is 18.9 Å². The molecule has 1 aromatic rings. The summed E-state index contributed by atoms with van der Waals surface area (Å²) in [7, 11) is 0. The van der Waals surface area contributed by atoms with Gasteiger partial charge in [-0.05, 0) is 31.5 Å². The Kier molecular flexibility index (Phi) is 9.48. The fourth-order valence-corrected chi connectivity index (χ4v) is 2.66. The van der Waals surface area contributed by atoms with E-state index in [2.05, 4.69) is 15.6 Å². The molecular weight excluding hydrogens is 460 g/mol. The number of morpholine rings is 1. The highest BCUT2D eigenvalue weighted by atomic mass is 127. The van der Waals surface area contributed by atoms with Crippen LogP contribution in [0.2, 0.25) is 0 Å². The maximum Gasteiger partial charge on any atom is 0.416 e. The third-order valence-electron chi connectivity index (χ3n) is 3.87. The fourth-order valence-electron chi connectivity index (χ4n) is 2.66. The number of guanidine groups is 1. The molecule has 2 N–H and O–H groups in total. The molecule has 2 rings (SSSR count). The number of nitrogens with one attached hydrogen (secondary N) is 2. The maximum atomic E-state index is 13.5. The highest BCUT2D eigenvalue weighted by Crippen LogP contribution is 2.35. The first-order valence-corrected chi connectivity index (χ1v) is 8.50. The average Bonchev–Trinajstić information content (AvgIpc) is 2.60. The summed E-state index contributed by atoms with van der Waals surface area (Å²) in [5, 5.41) is 6.02. The number of aliphatic imine (C=N–C) groups is 1. The third-order valence-corrected chi connectivity index (χ3v) is 3.87. The first-order valence-electron chi connectivity index (χ1n) is 8.50. The van der Waals surface area contributed by atoms with Crippen LogP contribution in [0.3, 0.4) is 0 Å². The van der Waals surface area contributed by atoms with E-state index in [4.69, 9.17) is 4.74 Å². The fraction of sp³-hybridized carbons (Fsp3) is 0.588. The van der Waals surface area contributed by atoms with E-state index in [1.807, 2.05) is 18.7 Å². The van der Waals surface area contributed by atoms with Crippen LogP contribution in [0.1, 0.15) is 25.0 Å². The van der Waals surface area contributed by atoms with Gasteiger partial charge in [-0.1, -0.05) is 6.07 Å². The van der Waals surface area contributed by atoms with E-state index in [0.29, 0.717) is 51.0 Å². The van der Waals surface area contributed by atoms with Crippen LogP contribution in [-0.2, 0) is 17.5 Å². The van der Waals surface area contributed by atoms with Gasteiger partial charge in [0.1, 0.15) is 0 Å². The van der Waals surface area contributed by atoms with Crippen LogP contribution < -0.4 is 15.5 Å². The standard InChI is InChI=1S/C17H25F3N4O.HI/c1-3-21-16(22-4-2)23-12-13-5-6-14(11-15(13)17(18,19)20)24-7-9-25-10-8-24;/h5-6,11H,3-4,7-10,12H2,1-2H3,(H2,21,22,23);1H. The van der Waals surface area contributed by atoms with Gasteiger partial charge in [-0.2, -0.15) is 13.2 Å². The van der Waals surface area contributed by atoms with Crippen LogP contribution in [0.15, 0.2) is 23.2 Å². The average molecular weight is 486 g/mol. The summed E-state index contributed by atoms with van der Waals surface area (Å²) in [4.78, 5) is 6.16. The number of benzene rings is 1. The highest BCUT2D eigenvalue weighted by Gasteiger charge is 2.34. The van der Waals surface area contributed by atoms with E-state index < -0.39 is 11.7 Å². The molecule has 0 amide bonds. The van der Waals surface area contributed by atoms with Gasteiger partial charge in [-0.15, -0.1) is 24.0 Å². The van der Waals surface area contributed by atoms with Crippen molar-refractivity contribution in [3.63, 3.8) is 0 Å². The van der Waals surface area contributed by atoms with E-state index in [1.165, 1.54) is 12.1 Å². The number of alkyl halides is 3. The van der Waals surface area contributed by atoms with Crippen LogP contribution in [0, 0.1) is 0 Å². The van der Waals surface area contributed by atoms with Gasteiger partial charge in [0.15, 0.2) is 5.96 Å². The van der Waals surface area contributed by atoms with E-state index >= 15 is 0 Å². The first-order chi connectivity index (χ1) is 12.0. The van der Waals surface area contributed by atoms with Gasteiger partial charge in [-0.3, -0.25) is 0 Å². The molecule has 0 aromatic heterocycles. The predicted molar refractivity (Wildman–Crippen MR) is 108 cm³/mol. The van der Waals surface area contributed by atoms with Crippen LogP contribution >= 0.6 is 24.0 Å². The summed E-state index contributed by atoms with van der Waals surface area (Å²) in [6.07, 6.45) is -4.41. The third kappa shape index (κ3) is 6.49. The number of anilines is 1. The lowest BCUT2D eigenvalue weighted by Crippen LogP contribution is -2.37. The molecule has 0 spiro atoms. The lowest BCUT2D eigenvalue weighted by molar-refractivity contribution is -0.138. The summed E-state index contributed by atoms with van der Waals surface area (Å²) >= 11 is 0. The van der Waals surface area contributed by atoms with Crippen LogP contribution in [-0.4, -0.2) is 45.4 Å². The van der Waals surface area contributed by atoms with E-state index in [9.17, 15) is 13.2 Å². The van der Waals surface area contributed by atoms with Crippen molar-refractivity contribution in [2.75, 3.05) is 44.3 Å². The Labute approximate surface area is 169 Å². The molecule has 0 aliphatic carbocycles. The zero-order valence-corrected chi connectivity index (χ0v) is 17.4. The molecule has 148 valence electrons. The summed E-state index contributed by atoms with van der Waals surface area (Å²) in [5.41, 5.74) is 0.104. The minimum Gasteiger partial charge on any atom is -0.378 e. The van der Waals surface area contributed by atoms with Crippen molar-refractivity contribution in [3.8, 4) is 0 Å². The molecular formula is C17H26F3IN4O. The number of rotatable bonds is 5. The molecule has 1 heterocycles. The lowest BCUT2D eigenvalue weighted by Gasteiger charge is -2.29. The lowest BCUT2D eigenvalue weighted by atomic mass is 10.1. The molecule has 5 nitrogen and oxygen atoms in total. The minimum atomic E-state index is -4.41. The van der Waals surface area contributed by atoms with Crippen molar-refractivity contribution < 1.29 is 17.9 Å². The normalized spacial score (nSPS) is 14.4. The molecule has 0 atom stereocenters. The molecule has 1 aliphatic rings. The molecule has 26 heavy (non-hydrogen) atoms. The molecule has 9 heteroatoms. The molecule has 1 aliphatic heterocycles. The van der Waals surface area contributed by atoms with Gasteiger partial charge in [-0.25, -0.2) is 4.99 Å². The first kappa shape index (κ1) is 22.8. The number of hydrogen-bond donors (Lipinski definition) is 2. The molecule has 0 saturated carbocycles. The smallest absolute Gasteiger partial charge is 0.378 e. The molecule has 0 radical (unpaired) electrons. The second kappa shape index (κ2) is 10.8. The molecule has 1 aromatic carbocycles. The van der Waals surface area contributed by atoms with Crippen molar-refractivity contribution in [1.82, 2.24) is 10.6 Å². The quantitative estimate of drug-likeness (QED) is 0.382. The van der Waals surface area contributed by atoms with Gasteiger partial charge >= 0.3 is 6.18 Å². The van der Waals surface area contributed by atoms with Crippen molar-refractivity contribution in [3.05, 3.63) is 29.3 Å². The Morgan fingerprint density at radius 3 is 2.31 bits per heavy atom. The van der Waals surface area contributed by atoms with Gasteiger partial charge in [0, 0.05) is 31.9 Å². The van der Waals surface area contributed by atoms with Crippen LogP contribution in [0.5, 0.6) is 0 Å². The zero-order chi connectivity index (χ0) is 18.3. The second-order valence-electron chi connectivity index (χ2n) is 5.66. The zero-order valence-electron chi connectivity index (χ0n) is 15.0. The summed E-state index contributed by atoms with van der Waals surface area (Å²) in [6, 6.07) is 4.47. The maximum absolute atomic E-state index is 13.5. The molecule has 0 unspecified atom stereocenters. The molecule has 1 fully saturated rings. The van der Waals surface area contributed by atoms with Gasteiger partial charge < -0.3 is 20.3 Å². The minimum absolute atomic E-state index is 0. The summed E-state index contributed by atoms with van der Waals surface area (Å²) in [5.74, 6) is 0.510. The van der Waals surface area contributed by atoms with Crippen molar-refractivity contribution in [2.45, 2.75) is 26.6 Å². The summed E-state index contributed by atoms with van der Waals surface area (Å²) < 4.78 is 45.7. The molecule has 1 saturated heterocycles. The Morgan fingerprint density at radius 1 is 1.15 bits per heavy atom. The van der Waals surface area contributed by atoms with E-state index in [1.54, 1.807) is 6.07 Å². The Morgan fingerprint density at radius 2 is 1.77 bits per heavy atom. The largest absolute Gasteiger partial charge is 0.416 e. The van der Waals surface area contributed by atoms with E-state index in [-0.39, 0.29) is 36.1 Å². The number of nitrogens with zero attached hydrogens (tertiary/aromatic N) is 2. The monoisotopic (exact) mass is 486 g/mol. The Balaban J connectivity index is 0.00000338. The summed E-state index contributed by atoms with van der Waals surface area (Å²) in [6.45, 7) is 7.33. The number of ether oxygens (including phenoxy) is 1.